The van der Waals surface area contributed by atoms with Crippen molar-refractivity contribution < 1.29 is 20.1 Å². The summed E-state index contributed by atoms with van der Waals surface area (Å²) in [4.78, 5) is 12.5. The van der Waals surface area contributed by atoms with Crippen molar-refractivity contribution in [2.24, 2.45) is 0 Å². The zero-order chi connectivity index (χ0) is 43.0. The normalized spacial score (nSPS) is 13.6. The van der Waals surface area contributed by atoms with Crippen molar-refractivity contribution in [3.8, 4) is 0 Å². The number of hydrogen-bond donors (Lipinski definition) is 4. The lowest BCUT2D eigenvalue weighted by atomic mass is 10.0. The van der Waals surface area contributed by atoms with Gasteiger partial charge in [-0.25, -0.2) is 0 Å². The monoisotopic (exact) mass is 830 g/mol. The number of aliphatic hydroxyl groups is 3. The van der Waals surface area contributed by atoms with Gasteiger partial charge in [0.25, 0.3) is 0 Å². The van der Waals surface area contributed by atoms with E-state index in [1.807, 2.05) is 6.08 Å². The van der Waals surface area contributed by atoms with E-state index in [1.54, 1.807) is 6.08 Å². The third-order valence-corrected chi connectivity index (χ3v) is 12.2. The zero-order valence-electron chi connectivity index (χ0n) is 39.6. The van der Waals surface area contributed by atoms with Gasteiger partial charge in [-0.2, -0.15) is 0 Å². The van der Waals surface area contributed by atoms with Crippen LogP contribution in [0.2, 0.25) is 0 Å². The predicted molar refractivity (Wildman–Crippen MR) is 259 cm³/mol. The first-order valence-corrected chi connectivity index (χ1v) is 26.3. The van der Waals surface area contributed by atoms with E-state index in [4.69, 9.17) is 0 Å². The number of aliphatic hydroxyl groups excluding tert-OH is 3. The molecule has 59 heavy (non-hydrogen) atoms. The first kappa shape index (κ1) is 57.6. The molecular weight excluding hydrogens is 727 g/mol. The van der Waals surface area contributed by atoms with Gasteiger partial charge in [-0.1, -0.05) is 256 Å². The van der Waals surface area contributed by atoms with Crippen LogP contribution in [0.1, 0.15) is 277 Å². The van der Waals surface area contributed by atoms with Crippen molar-refractivity contribution >= 4 is 5.91 Å². The molecule has 3 unspecified atom stereocenters. The van der Waals surface area contributed by atoms with Crippen molar-refractivity contribution in [3.63, 3.8) is 0 Å². The first-order valence-electron chi connectivity index (χ1n) is 26.3. The minimum Gasteiger partial charge on any atom is -0.394 e. The molecule has 0 aromatic heterocycles. The summed E-state index contributed by atoms with van der Waals surface area (Å²) in [5.74, 6) is -0.511. The Morgan fingerprint density at radius 2 is 0.695 bits per heavy atom. The summed E-state index contributed by atoms with van der Waals surface area (Å²) >= 11 is 0. The Morgan fingerprint density at radius 1 is 0.407 bits per heavy atom. The molecule has 0 radical (unpaired) electrons. The van der Waals surface area contributed by atoms with Crippen LogP contribution in [0.25, 0.3) is 0 Å². The number of unbranched alkanes of at least 4 members (excludes halogenated alkanes) is 36. The molecule has 0 fully saturated rings. The summed E-state index contributed by atoms with van der Waals surface area (Å²) < 4.78 is 0. The minimum atomic E-state index is -1.10. The standard InChI is InChI=1S/C54H103NO4/c1-3-5-7-9-11-13-15-17-19-20-21-22-23-24-25-26-27-28-29-30-31-32-33-35-37-39-41-43-45-47-49-53(58)54(59)55-51(50-56)52(57)48-46-44-42-40-38-36-34-18-16-14-12-10-8-6-4-2/h24-25,38,40,46,48,51-53,56-58H,3-23,26-37,39,41-45,47,49-50H2,1-2H3,(H,55,59)/b25-24-,40-38+,48-46+. The van der Waals surface area contributed by atoms with Gasteiger partial charge in [0.15, 0.2) is 0 Å². The molecule has 4 N–H and O–H groups in total. The number of rotatable bonds is 48. The fourth-order valence-electron chi connectivity index (χ4n) is 8.08. The molecule has 0 bridgehead atoms. The van der Waals surface area contributed by atoms with Crippen LogP contribution >= 0.6 is 0 Å². The van der Waals surface area contributed by atoms with E-state index in [2.05, 4.69) is 43.5 Å². The first-order chi connectivity index (χ1) is 29.1. The number of carbonyl (C=O) groups excluding carboxylic acids is 1. The summed E-state index contributed by atoms with van der Waals surface area (Å²) in [5, 5.41) is 33.2. The third-order valence-electron chi connectivity index (χ3n) is 12.2. The molecule has 0 rings (SSSR count). The average molecular weight is 830 g/mol. The van der Waals surface area contributed by atoms with Gasteiger partial charge in [-0.15, -0.1) is 0 Å². The van der Waals surface area contributed by atoms with Crippen LogP contribution in [0, 0.1) is 0 Å². The SMILES string of the molecule is CCCCCCCCCCC/C=C/CC/C=C/C(O)C(CO)NC(=O)C(O)CCCCCCCCCCCCCCCC/C=C\CCCCCCCCCCCCCC. The molecule has 3 atom stereocenters. The van der Waals surface area contributed by atoms with Gasteiger partial charge >= 0.3 is 0 Å². The van der Waals surface area contributed by atoms with E-state index in [9.17, 15) is 20.1 Å². The number of nitrogens with one attached hydrogen (secondary N) is 1. The van der Waals surface area contributed by atoms with E-state index in [0.717, 1.165) is 38.5 Å². The maximum atomic E-state index is 12.5. The van der Waals surface area contributed by atoms with Crippen LogP contribution in [-0.4, -0.2) is 46.1 Å². The van der Waals surface area contributed by atoms with Gasteiger partial charge in [0.05, 0.1) is 18.8 Å². The quantitative estimate of drug-likeness (QED) is 0.0363. The van der Waals surface area contributed by atoms with Crippen LogP contribution in [0.4, 0.5) is 0 Å². The maximum Gasteiger partial charge on any atom is 0.249 e. The van der Waals surface area contributed by atoms with Crippen molar-refractivity contribution in [1.82, 2.24) is 5.32 Å². The largest absolute Gasteiger partial charge is 0.394 e. The highest BCUT2D eigenvalue weighted by Gasteiger charge is 2.22. The molecule has 0 aromatic carbocycles. The number of amides is 1. The molecule has 5 nitrogen and oxygen atoms in total. The fourth-order valence-corrected chi connectivity index (χ4v) is 8.08. The number of allylic oxidation sites excluding steroid dienone is 5. The number of carbonyl (C=O) groups is 1. The Morgan fingerprint density at radius 3 is 1.03 bits per heavy atom. The van der Waals surface area contributed by atoms with Gasteiger partial charge in [0.1, 0.15) is 6.10 Å². The van der Waals surface area contributed by atoms with Crippen molar-refractivity contribution in [2.75, 3.05) is 6.61 Å². The van der Waals surface area contributed by atoms with E-state index in [-0.39, 0.29) is 6.61 Å². The second kappa shape index (κ2) is 49.2. The van der Waals surface area contributed by atoms with Crippen molar-refractivity contribution in [1.29, 1.82) is 0 Å². The molecule has 0 aliphatic carbocycles. The van der Waals surface area contributed by atoms with E-state index in [1.165, 1.54) is 218 Å². The average Bonchev–Trinajstić information content (AvgIpc) is 3.24. The Labute approximate surface area is 368 Å². The van der Waals surface area contributed by atoms with E-state index < -0.39 is 24.2 Å². The lowest BCUT2D eigenvalue weighted by Gasteiger charge is -2.21. The summed E-state index contributed by atoms with van der Waals surface area (Å²) in [6.07, 6.45) is 63.6. The Kier molecular flexibility index (Phi) is 48.0. The van der Waals surface area contributed by atoms with Crippen molar-refractivity contribution in [3.05, 3.63) is 36.5 Å². The highest BCUT2D eigenvalue weighted by Crippen LogP contribution is 2.16. The second-order valence-electron chi connectivity index (χ2n) is 18.1. The van der Waals surface area contributed by atoms with Gasteiger partial charge in [-0.05, 0) is 57.8 Å². The van der Waals surface area contributed by atoms with Crippen molar-refractivity contribution in [2.45, 2.75) is 295 Å². The third kappa shape index (κ3) is 44.4. The predicted octanol–water partition coefficient (Wildman–Crippen LogP) is 15.9. The van der Waals surface area contributed by atoms with Crippen LogP contribution in [0.15, 0.2) is 36.5 Å². The second-order valence-corrected chi connectivity index (χ2v) is 18.1. The zero-order valence-corrected chi connectivity index (χ0v) is 39.6. The lowest BCUT2D eigenvalue weighted by molar-refractivity contribution is -0.131. The van der Waals surface area contributed by atoms with Gasteiger partial charge in [0.2, 0.25) is 5.91 Å². The Hall–Kier alpha value is -1.43. The smallest absolute Gasteiger partial charge is 0.249 e. The molecule has 5 heteroatoms. The highest BCUT2D eigenvalue weighted by molar-refractivity contribution is 5.80. The Bertz CT molecular complexity index is 916. The van der Waals surface area contributed by atoms with E-state index in [0.29, 0.717) is 6.42 Å². The molecule has 348 valence electrons. The van der Waals surface area contributed by atoms with Crippen LogP contribution in [-0.2, 0) is 4.79 Å². The summed E-state index contributed by atoms with van der Waals surface area (Å²) in [6.45, 7) is 4.18. The molecule has 0 aromatic rings. The Balaban J connectivity index is 3.56. The van der Waals surface area contributed by atoms with Crippen LogP contribution < -0.4 is 5.32 Å². The van der Waals surface area contributed by atoms with Gasteiger partial charge in [0, 0.05) is 0 Å². The summed E-state index contributed by atoms with van der Waals surface area (Å²) in [7, 11) is 0. The molecule has 0 heterocycles. The van der Waals surface area contributed by atoms with Crippen LogP contribution in [0.3, 0.4) is 0 Å². The van der Waals surface area contributed by atoms with E-state index >= 15 is 0 Å². The molecule has 0 aliphatic heterocycles. The topological polar surface area (TPSA) is 89.8 Å². The molecule has 0 aliphatic rings. The molecule has 0 saturated heterocycles. The lowest BCUT2D eigenvalue weighted by Crippen LogP contribution is -2.48. The fraction of sp³-hybridized carbons (Fsp3) is 0.870. The molecule has 0 saturated carbocycles. The molecule has 1 amide bonds. The molecular formula is C54H103NO4. The number of hydrogen-bond acceptors (Lipinski definition) is 4. The van der Waals surface area contributed by atoms with Gasteiger partial charge in [-0.3, -0.25) is 4.79 Å². The summed E-state index contributed by atoms with van der Waals surface area (Å²) in [5.41, 5.74) is 0. The van der Waals surface area contributed by atoms with Crippen LogP contribution in [0.5, 0.6) is 0 Å². The summed E-state index contributed by atoms with van der Waals surface area (Å²) in [6, 6.07) is -0.813. The molecule has 0 spiro atoms. The van der Waals surface area contributed by atoms with Gasteiger partial charge < -0.3 is 20.6 Å². The highest BCUT2D eigenvalue weighted by atomic mass is 16.3. The minimum absolute atomic E-state index is 0.375. The maximum absolute atomic E-state index is 12.5.